The minimum atomic E-state index is -0.560. The standard InChI is InChI=1S/C22H27NO3/c1-15(2)25-19-13-11-18(12-14-19)23-22(24)16(3)26-21-10-6-8-17-7-4-5-9-20(17)21/h6,8,10-16H,4-5,7,9H2,1-3H3,(H,23,24)/t16-/m1/s1. The fourth-order valence-corrected chi connectivity index (χ4v) is 3.23. The van der Waals surface area contributed by atoms with Gasteiger partial charge in [-0.2, -0.15) is 0 Å². The minimum absolute atomic E-state index is 0.126. The van der Waals surface area contributed by atoms with E-state index in [1.165, 1.54) is 24.0 Å². The molecule has 0 fully saturated rings. The molecule has 1 amide bonds. The lowest BCUT2D eigenvalue weighted by Gasteiger charge is -2.22. The second kappa shape index (κ2) is 8.26. The quantitative estimate of drug-likeness (QED) is 0.814. The van der Waals surface area contributed by atoms with E-state index in [1.54, 1.807) is 6.92 Å². The lowest BCUT2D eigenvalue weighted by molar-refractivity contribution is -0.122. The van der Waals surface area contributed by atoms with E-state index in [4.69, 9.17) is 9.47 Å². The molecule has 2 aromatic carbocycles. The number of carbonyl (C=O) groups excluding carboxylic acids is 1. The molecule has 0 saturated carbocycles. The molecule has 26 heavy (non-hydrogen) atoms. The van der Waals surface area contributed by atoms with Gasteiger partial charge < -0.3 is 14.8 Å². The average molecular weight is 353 g/mol. The summed E-state index contributed by atoms with van der Waals surface area (Å²) in [5.41, 5.74) is 3.34. The topological polar surface area (TPSA) is 47.6 Å². The zero-order chi connectivity index (χ0) is 18.5. The number of anilines is 1. The fraction of sp³-hybridized carbons (Fsp3) is 0.409. The van der Waals surface area contributed by atoms with Crippen LogP contribution in [-0.4, -0.2) is 18.1 Å². The fourth-order valence-electron chi connectivity index (χ4n) is 3.23. The lowest BCUT2D eigenvalue weighted by Crippen LogP contribution is -2.30. The van der Waals surface area contributed by atoms with Gasteiger partial charge in [-0.25, -0.2) is 0 Å². The van der Waals surface area contributed by atoms with Gasteiger partial charge in [-0.05, 0) is 87.9 Å². The van der Waals surface area contributed by atoms with E-state index >= 15 is 0 Å². The van der Waals surface area contributed by atoms with Crippen LogP contribution in [0.15, 0.2) is 42.5 Å². The monoisotopic (exact) mass is 353 g/mol. The maximum atomic E-state index is 12.5. The van der Waals surface area contributed by atoms with Crippen LogP contribution < -0.4 is 14.8 Å². The predicted molar refractivity (Wildman–Crippen MR) is 104 cm³/mol. The van der Waals surface area contributed by atoms with E-state index in [0.717, 1.165) is 30.0 Å². The molecule has 1 aliphatic rings. The van der Waals surface area contributed by atoms with Crippen molar-refractivity contribution in [2.24, 2.45) is 0 Å². The van der Waals surface area contributed by atoms with Crippen molar-refractivity contribution in [2.75, 3.05) is 5.32 Å². The van der Waals surface area contributed by atoms with Crippen molar-refractivity contribution in [1.29, 1.82) is 0 Å². The molecule has 1 atom stereocenters. The summed E-state index contributed by atoms with van der Waals surface area (Å²) in [6.07, 6.45) is 4.09. The van der Waals surface area contributed by atoms with Crippen LogP contribution in [0.1, 0.15) is 44.7 Å². The van der Waals surface area contributed by atoms with E-state index in [1.807, 2.05) is 50.2 Å². The Balaban J connectivity index is 1.62. The summed E-state index contributed by atoms with van der Waals surface area (Å²) < 4.78 is 11.6. The highest BCUT2D eigenvalue weighted by molar-refractivity contribution is 5.94. The predicted octanol–water partition coefficient (Wildman–Crippen LogP) is 4.76. The van der Waals surface area contributed by atoms with Crippen molar-refractivity contribution in [2.45, 2.75) is 58.7 Å². The Morgan fingerprint density at radius 2 is 1.69 bits per heavy atom. The summed E-state index contributed by atoms with van der Waals surface area (Å²) in [7, 11) is 0. The molecule has 138 valence electrons. The maximum Gasteiger partial charge on any atom is 0.265 e. The van der Waals surface area contributed by atoms with Crippen molar-refractivity contribution >= 4 is 11.6 Å². The Bertz CT molecular complexity index is 752. The highest BCUT2D eigenvalue weighted by Gasteiger charge is 2.19. The number of ether oxygens (including phenoxy) is 2. The van der Waals surface area contributed by atoms with Crippen LogP contribution in [0, 0.1) is 0 Å². The molecule has 0 heterocycles. The third-order valence-electron chi connectivity index (χ3n) is 4.52. The van der Waals surface area contributed by atoms with Crippen LogP contribution in [-0.2, 0) is 17.6 Å². The summed E-state index contributed by atoms with van der Waals surface area (Å²) in [6, 6.07) is 13.5. The van der Waals surface area contributed by atoms with E-state index in [9.17, 15) is 4.79 Å². The van der Waals surface area contributed by atoms with Gasteiger partial charge in [0.05, 0.1) is 6.10 Å². The largest absolute Gasteiger partial charge is 0.491 e. The van der Waals surface area contributed by atoms with Gasteiger partial charge >= 0.3 is 0 Å². The first-order chi connectivity index (χ1) is 12.5. The molecule has 0 saturated heterocycles. The number of carbonyl (C=O) groups is 1. The molecule has 4 heteroatoms. The first-order valence-electron chi connectivity index (χ1n) is 9.38. The number of hydrogen-bond acceptors (Lipinski definition) is 3. The van der Waals surface area contributed by atoms with E-state index in [0.29, 0.717) is 0 Å². The Morgan fingerprint density at radius 1 is 0.962 bits per heavy atom. The first-order valence-corrected chi connectivity index (χ1v) is 9.38. The number of rotatable bonds is 6. The zero-order valence-electron chi connectivity index (χ0n) is 15.7. The highest BCUT2D eigenvalue weighted by Crippen LogP contribution is 2.30. The molecular formula is C22H27NO3. The van der Waals surface area contributed by atoms with E-state index in [2.05, 4.69) is 11.4 Å². The third-order valence-corrected chi connectivity index (χ3v) is 4.52. The van der Waals surface area contributed by atoms with Crippen molar-refractivity contribution in [1.82, 2.24) is 0 Å². The second-order valence-electron chi connectivity index (χ2n) is 7.04. The first kappa shape index (κ1) is 18.3. The number of nitrogens with one attached hydrogen (secondary N) is 1. The molecule has 4 nitrogen and oxygen atoms in total. The lowest BCUT2D eigenvalue weighted by atomic mass is 9.91. The van der Waals surface area contributed by atoms with Crippen LogP contribution in [0.2, 0.25) is 0 Å². The Labute approximate surface area is 155 Å². The third kappa shape index (κ3) is 4.57. The molecule has 1 N–H and O–H groups in total. The van der Waals surface area contributed by atoms with Gasteiger partial charge in [0.1, 0.15) is 11.5 Å². The molecule has 0 unspecified atom stereocenters. The van der Waals surface area contributed by atoms with Crippen LogP contribution in [0.4, 0.5) is 5.69 Å². The van der Waals surface area contributed by atoms with E-state index < -0.39 is 6.10 Å². The van der Waals surface area contributed by atoms with Gasteiger partial charge in [-0.15, -0.1) is 0 Å². The Morgan fingerprint density at radius 3 is 2.42 bits per heavy atom. The number of benzene rings is 2. The smallest absolute Gasteiger partial charge is 0.265 e. The summed E-state index contributed by atoms with van der Waals surface area (Å²) in [5.74, 6) is 1.47. The van der Waals surface area contributed by atoms with Crippen LogP contribution >= 0.6 is 0 Å². The molecule has 0 aliphatic heterocycles. The van der Waals surface area contributed by atoms with Crippen molar-refractivity contribution in [3.63, 3.8) is 0 Å². The highest BCUT2D eigenvalue weighted by atomic mass is 16.5. The second-order valence-corrected chi connectivity index (χ2v) is 7.04. The normalized spacial score (nSPS) is 14.5. The molecule has 3 rings (SSSR count). The average Bonchev–Trinajstić information content (AvgIpc) is 2.63. The zero-order valence-corrected chi connectivity index (χ0v) is 15.7. The summed E-state index contributed by atoms with van der Waals surface area (Å²) in [4.78, 5) is 12.5. The van der Waals surface area contributed by atoms with Gasteiger partial charge in [0.2, 0.25) is 0 Å². The number of fused-ring (bicyclic) bond motifs is 1. The minimum Gasteiger partial charge on any atom is -0.491 e. The Hall–Kier alpha value is -2.49. The van der Waals surface area contributed by atoms with Gasteiger partial charge in [-0.1, -0.05) is 12.1 Å². The van der Waals surface area contributed by atoms with Gasteiger partial charge in [0.15, 0.2) is 6.10 Å². The van der Waals surface area contributed by atoms with Crippen LogP contribution in [0.3, 0.4) is 0 Å². The van der Waals surface area contributed by atoms with Crippen molar-refractivity contribution in [3.05, 3.63) is 53.6 Å². The summed E-state index contributed by atoms with van der Waals surface area (Å²) in [5, 5.41) is 2.90. The Kier molecular flexibility index (Phi) is 5.82. The number of aryl methyl sites for hydroxylation is 1. The van der Waals surface area contributed by atoms with Crippen molar-refractivity contribution < 1.29 is 14.3 Å². The SMILES string of the molecule is CC(C)Oc1ccc(NC(=O)[C@@H](C)Oc2cccc3c2CCCC3)cc1. The molecule has 0 spiro atoms. The summed E-state index contributed by atoms with van der Waals surface area (Å²) in [6.45, 7) is 5.75. The van der Waals surface area contributed by atoms with Gasteiger partial charge in [-0.3, -0.25) is 4.79 Å². The molecular weight excluding hydrogens is 326 g/mol. The molecule has 0 radical (unpaired) electrons. The molecule has 2 aromatic rings. The number of amides is 1. The molecule has 1 aliphatic carbocycles. The van der Waals surface area contributed by atoms with Crippen molar-refractivity contribution in [3.8, 4) is 11.5 Å². The molecule has 0 bridgehead atoms. The van der Waals surface area contributed by atoms with Gasteiger partial charge in [0, 0.05) is 5.69 Å². The van der Waals surface area contributed by atoms with Crippen LogP contribution in [0.5, 0.6) is 11.5 Å². The summed E-state index contributed by atoms with van der Waals surface area (Å²) >= 11 is 0. The maximum absolute atomic E-state index is 12.5. The van der Waals surface area contributed by atoms with Gasteiger partial charge in [0.25, 0.3) is 5.91 Å². The number of hydrogen-bond donors (Lipinski definition) is 1. The molecule has 0 aromatic heterocycles. The van der Waals surface area contributed by atoms with E-state index in [-0.39, 0.29) is 12.0 Å². The van der Waals surface area contributed by atoms with Crippen LogP contribution in [0.25, 0.3) is 0 Å².